The Balaban J connectivity index is 2.17. The van der Waals surface area contributed by atoms with E-state index < -0.39 is 0 Å². The molecule has 0 spiro atoms. The van der Waals surface area contributed by atoms with E-state index in [1.54, 1.807) is 0 Å². The predicted molar refractivity (Wildman–Crippen MR) is 94.3 cm³/mol. The van der Waals surface area contributed by atoms with Gasteiger partial charge in [0, 0.05) is 17.0 Å². The molecular weight excluding hydrogens is 266 g/mol. The van der Waals surface area contributed by atoms with Crippen molar-refractivity contribution in [1.82, 2.24) is 4.98 Å². The maximum Gasteiger partial charge on any atom is 0.0786 e. The summed E-state index contributed by atoms with van der Waals surface area (Å²) in [6.07, 6.45) is 1.88. The van der Waals surface area contributed by atoms with Crippen molar-refractivity contribution < 1.29 is 0 Å². The number of rotatable bonds is 0. The maximum atomic E-state index is 4.67. The molecule has 102 valence electrons. The Bertz CT molecular complexity index is 1080. The highest BCUT2D eigenvalue weighted by atomic mass is 14.6. The van der Waals surface area contributed by atoms with Gasteiger partial charge in [-0.25, -0.2) is 0 Å². The number of hydrogen-bond donors (Lipinski definition) is 0. The predicted octanol–water partition coefficient (Wildman–Crippen LogP) is 5.69. The molecule has 0 aliphatic carbocycles. The van der Waals surface area contributed by atoms with Crippen LogP contribution in [0.4, 0.5) is 0 Å². The minimum atomic E-state index is 1.09. The lowest BCUT2D eigenvalue weighted by Gasteiger charge is -2.10. The molecule has 1 heterocycles. The highest BCUT2D eigenvalue weighted by Crippen LogP contribution is 2.35. The molecule has 5 rings (SSSR count). The summed E-state index contributed by atoms with van der Waals surface area (Å²) in [5, 5.41) is 8.83. The first-order chi connectivity index (χ1) is 10.9. The maximum absolute atomic E-state index is 4.67. The first-order valence-electron chi connectivity index (χ1n) is 7.50. The SMILES string of the molecule is c1ccc2cc3c(cc2c1)c1ccccc1c1cccnc13. The van der Waals surface area contributed by atoms with E-state index in [0.717, 1.165) is 5.52 Å². The summed E-state index contributed by atoms with van der Waals surface area (Å²) < 4.78 is 0. The van der Waals surface area contributed by atoms with Crippen LogP contribution in [-0.2, 0) is 0 Å². The van der Waals surface area contributed by atoms with Crippen molar-refractivity contribution in [2.24, 2.45) is 0 Å². The molecule has 0 radical (unpaired) electrons. The first-order valence-corrected chi connectivity index (χ1v) is 7.50. The van der Waals surface area contributed by atoms with E-state index in [1.807, 2.05) is 12.3 Å². The summed E-state index contributed by atoms with van der Waals surface area (Å²) in [7, 11) is 0. The molecule has 4 aromatic carbocycles. The Labute approximate surface area is 127 Å². The highest BCUT2D eigenvalue weighted by molar-refractivity contribution is 6.26. The molecule has 1 aromatic heterocycles. The van der Waals surface area contributed by atoms with Crippen molar-refractivity contribution in [2.45, 2.75) is 0 Å². The lowest BCUT2D eigenvalue weighted by Crippen LogP contribution is -1.86. The van der Waals surface area contributed by atoms with Crippen molar-refractivity contribution >= 4 is 43.2 Å². The smallest absolute Gasteiger partial charge is 0.0786 e. The van der Waals surface area contributed by atoms with E-state index in [-0.39, 0.29) is 0 Å². The second-order valence-corrected chi connectivity index (χ2v) is 5.69. The highest BCUT2D eigenvalue weighted by Gasteiger charge is 2.09. The monoisotopic (exact) mass is 279 g/mol. The van der Waals surface area contributed by atoms with Gasteiger partial charge in [0.05, 0.1) is 5.52 Å². The molecule has 0 N–H and O–H groups in total. The molecule has 22 heavy (non-hydrogen) atoms. The van der Waals surface area contributed by atoms with Crippen LogP contribution in [0.5, 0.6) is 0 Å². The summed E-state index contributed by atoms with van der Waals surface area (Å²) in [6, 6.07) is 25.9. The van der Waals surface area contributed by atoms with Gasteiger partial charge >= 0.3 is 0 Å². The van der Waals surface area contributed by atoms with Crippen LogP contribution in [0.25, 0.3) is 43.2 Å². The molecule has 0 saturated carbocycles. The molecule has 0 aliphatic heterocycles. The van der Waals surface area contributed by atoms with Gasteiger partial charge in [-0.3, -0.25) is 4.98 Å². The average molecular weight is 279 g/mol. The van der Waals surface area contributed by atoms with Gasteiger partial charge in [0.2, 0.25) is 0 Å². The van der Waals surface area contributed by atoms with E-state index in [9.17, 15) is 0 Å². The van der Waals surface area contributed by atoms with Crippen LogP contribution < -0.4 is 0 Å². The van der Waals surface area contributed by atoms with Gasteiger partial charge < -0.3 is 0 Å². The Kier molecular flexibility index (Phi) is 2.28. The number of benzene rings is 4. The van der Waals surface area contributed by atoms with Crippen molar-refractivity contribution in [3.63, 3.8) is 0 Å². The molecule has 5 aromatic rings. The minimum absolute atomic E-state index is 1.09. The summed E-state index contributed by atoms with van der Waals surface area (Å²) in [5.41, 5.74) is 1.09. The lowest BCUT2D eigenvalue weighted by atomic mass is 9.95. The van der Waals surface area contributed by atoms with Crippen LogP contribution in [-0.4, -0.2) is 4.98 Å². The Morgan fingerprint density at radius 2 is 1.09 bits per heavy atom. The van der Waals surface area contributed by atoms with Gasteiger partial charge in [-0.2, -0.15) is 0 Å². The van der Waals surface area contributed by atoms with E-state index >= 15 is 0 Å². The van der Waals surface area contributed by atoms with Gasteiger partial charge in [0.25, 0.3) is 0 Å². The number of aromatic nitrogens is 1. The summed E-state index contributed by atoms with van der Waals surface area (Å²) >= 11 is 0. The largest absolute Gasteiger partial charge is 0.256 e. The lowest BCUT2D eigenvalue weighted by molar-refractivity contribution is 1.43. The Morgan fingerprint density at radius 3 is 1.86 bits per heavy atom. The Hall–Kier alpha value is -2.93. The van der Waals surface area contributed by atoms with Crippen LogP contribution in [0, 0.1) is 0 Å². The number of pyridine rings is 1. The zero-order chi connectivity index (χ0) is 14.5. The van der Waals surface area contributed by atoms with Crippen LogP contribution in [0.3, 0.4) is 0 Å². The Morgan fingerprint density at radius 1 is 0.500 bits per heavy atom. The van der Waals surface area contributed by atoms with E-state index in [1.165, 1.54) is 37.7 Å². The topological polar surface area (TPSA) is 12.9 Å². The van der Waals surface area contributed by atoms with Crippen molar-refractivity contribution in [3.05, 3.63) is 79.0 Å². The molecule has 0 saturated heterocycles. The molecule has 0 aliphatic rings. The fraction of sp³-hybridized carbons (Fsp3) is 0. The van der Waals surface area contributed by atoms with Crippen molar-refractivity contribution in [1.29, 1.82) is 0 Å². The third-order valence-electron chi connectivity index (χ3n) is 4.46. The normalized spacial score (nSPS) is 11.6. The molecule has 1 nitrogen and oxygen atoms in total. The first kappa shape index (κ1) is 11.7. The zero-order valence-corrected chi connectivity index (χ0v) is 12.0. The van der Waals surface area contributed by atoms with Crippen LogP contribution in [0.1, 0.15) is 0 Å². The van der Waals surface area contributed by atoms with Gasteiger partial charge in [0.15, 0.2) is 0 Å². The molecule has 1 heteroatoms. The fourth-order valence-corrected chi connectivity index (χ4v) is 3.45. The fourth-order valence-electron chi connectivity index (χ4n) is 3.45. The third-order valence-corrected chi connectivity index (χ3v) is 4.46. The third kappa shape index (κ3) is 1.51. The standard InChI is InChI=1S/C21H13N/c1-2-7-15-13-20-19(12-14(15)6-1)17-9-4-3-8-16(17)18-10-5-11-22-21(18)20/h1-13H. The second-order valence-electron chi connectivity index (χ2n) is 5.69. The minimum Gasteiger partial charge on any atom is -0.256 e. The summed E-state index contributed by atoms with van der Waals surface area (Å²) in [4.78, 5) is 4.67. The molecule has 0 atom stereocenters. The molecule has 0 bridgehead atoms. The van der Waals surface area contributed by atoms with Crippen molar-refractivity contribution in [3.8, 4) is 0 Å². The van der Waals surface area contributed by atoms with Gasteiger partial charge in [-0.15, -0.1) is 0 Å². The van der Waals surface area contributed by atoms with E-state index in [4.69, 9.17) is 0 Å². The average Bonchev–Trinajstić information content (AvgIpc) is 2.61. The molecule has 0 unspecified atom stereocenters. The van der Waals surface area contributed by atoms with Gasteiger partial charge in [-0.05, 0) is 45.1 Å². The van der Waals surface area contributed by atoms with E-state index in [0.29, 0.717) is 0 Å². The van der Waals surface area contributed by atoms with Crippen LogP contribution >= 0.6 is 0 Å². The van der Waals surface area contributed by atoms with E-state index in [2.05, 4.69) is 71.7 Å². The second kappa shape index (κ2) is 4.28. The number of hydrogen-bond acceptors (Lipinski definition) is 1. The molecule has 0 fully saturated rings. The van der Waals surface area contributed by atoms with Gasteiger partial charge in [0.1, 0.15) is 0 Å². The van der Waals surface area contributed by atoms with Crippen LogP contribution in [0.15, 0.2) is 79.0 Å². The quantitative estimate of drug-likeness (QED) is 0.262. The number of nitrogens with zero attached hydrogens (tertiary/aromatic N) is 1. The number of fused-ring (bicyclic) bond motifs is 7. The van der Waals surface area contributed by atoms with Crippen LogP contribution in [0.2, 0.25) is 0 Å². The zero-order valence-electron chi connectivity index (χ0n) is 12.0. The molecule has 0 amide bonds. The summed E-state index contributed by atoms with van der Waals surface area (Å²) in [5.74, 6) is 0. The molecular formula is C21H13N. The van der Waals surface area contributed by atoms with Gasteiger partial charge in [-0.1, -0.05) is 54.6 Å². The summed E-state index contributed by atoms with van der Waals surface area (Å²) in [6.45, 7) is 0. The van der Waals surface area contributed by atoms with Crippen molar-refractivity contribution in [2.75, 3.05) is 0 Å².